The molecule has 1 aromatic heterocycles. The monoisotopic (exact) mass is 515 g/mol. The largest absolute Gasteiger partial charge is 0.489 e. The fourth-order valence-electron chi connectivity index (χ4n) is 4.05. The van der Waals surface area contributed by atoms with Gasteiger partial charge in [0.05, 0.1) is 10.6 Å². The van der Waals surface area contributed by atoms with Crippen molar-refractivity contribution in [3.63, 3.8) is 0 Å². The molecule has 1 N–H and O–H groups in total. The summed E-state index contributed by atoms with van der Waals surface area (Å²) >= 11 is 1.24. The van der Waals surface area contributed by atoms with Gasteiger partial charge in [0.1, 0.15) is 24.0 Å². The number of amides is 1. The smallest absolute Gasteiger partial charge is 0.264 e. The predicted molar refractivity (Wildman–Crippen MR) is 143 cm³/mol. The van der Waals surface area contributed by atoms with Crippen LogP contribution in [0.4, 0.5) is 14.5 Å². The highest BCUT2D eigenvalue weighted by molar-refractivity contribution is 8.18. The lowest BCUT2D eigenvalue weighted by molar-refractivity contribution is -0.115. The Morgan fingerprint density at radius 1 is 1.00 bits per heavy atom. The molecule has 1 amide bonds. The molecule has 3 aromatic carbocycles. The molecule has 1 aliphatic heterocycles. The Balaban J connectivity index is 1.32. The number of thioether (sulfide) groups is 1. The third kappa shape index (κ3) is 5.49. The fourth-order valence-corrected chi connectivity index (χ4v) is 4.89. The Morgan fingerprint density at radius 2 is 1.73 bits per heavy atom. The molecular weight excluding hydrogens is 492 g/mol. The summed E-state index contributed by atoms with van der Waals surface area (Å²) in [5.41, 5.74) is 4.90. The van der Waals surface area contributed by atoms with Crippen LogP contribution >= 0.6 is 11.8 Å². The number of benzene rings is 3. The number of carbonyl (C=O) groups is 1. The first-order chi connectivity index (χ1) is 17.9. The second-order valence-electron chi connectivity index (χ2n) is 8.49. The van der Waals surface area contributed by atoms with E-state index in [0.29, 0.717) is 27.1 Å². The van der Waals surface area contributed by atoms with E-state index in [9.17, 15) is 13.6 Å². The molecule has 0 atom stereocenters. The van der Waals surface area contributed by atoms with Crippen molar-refractivity contribution in [2.45, 2.75) is 20.5 Å². The molecular formula is C29H23F2N3O2S. The van der Waals surface area contributed by atoms with Gasteiger partial charge in [-0.2, -0.15) is 0 Å². The molecule has 0 spiro atoms. The molecule has 2 heterocycles. The lowest BCUT2D eigenvalue weighted by Gasteiger charge is -2.12. The van der Waals surface area contributed by atoms with Crippen LogP contribution in [0.5, 0.6) is 5.75 Å². The Labute approximate surface area is 217 Å². The van der Waals surface area contributed by atoms with Gasteiger partial charge in [0.15, 0.2) is 5.17 Å². The molecule has 0 radical (unpaired) electrons. The molecule has 37 heavy (non-hydrogen) atoms. The molecule has 0 unspecified atom stereocenters. The van der Waals surface area contributed by atoms with E-state index in [1.165, 1.54) is 30.0 Å². The summed E-state index contributed by atoms with van der Waals surface area (Å²) in [5, 5.41) is 3.21. The molecule has 1 fully saturated rings. The molecule has 5 nitrogen and oxygen atoms in total. The van der Waals surface area contributed by atoms with Crippen LogP contribution in [0.3, 0.4) is 0 Å². The maximum absolute atomic E-state index is 13.8. The van der Waals surface area contributed by atoms with Crippen LogP contribution in [0.2, 0.25) is 0 Å². The number of rotatable bonds is 6. The second-order valence-corrected chi connectivity index (χ2v) is 9.52. The highest BCUT2D eigenvalue weighted by atomic mass is 32.2. The highest BCUT2D eigenvalue weighted by Crippen LogP contribution is 2.31. The van der Waals surface area contributed by atoms with Gasteiger partial charge in [-0.3, -0.25) is 4.79 Å². The Kier molecular flexibility index (Phi) is 6.92. The van der Waals surface area contributed by atoms with Gasteiger partial charge < -0.3 is 14.6 Å². The van der Waals surface area contributed by atoms with E-state index < -0.39 is 0 Å². The number of ether oxygens (including phenoxy) is 1. The van der Waals surface area contributed by atoms with Crippen LogP contribution < -0.4 is 10.1 Å². The Hall–Kier alpha value is -4.17. The van der Waals surface area contributed by atoms with E-state index in [4.69, 9.17) is 4.74 Å². The lowest BCUT2D eigenvalue weighted by atomic mass is 10.2. The standard InChI is InChI=1S/C29H23F2N3O2S/c1-18-15-21(16-27-28(35)33-29(37-27)32-23-9-7-22(30)8-10-23)19(2)34(18)24-11-13-25(14-12-24)36-17-20-5-3-4-6-26(20)31/h3-16H,17H2,1-2H3,(H,32,33,35). The number of hydrogen-bond donors (Lipinski definition) is 1. The van der Waals surface area contributed by atoms with Crippen molar-refractivity contribution in [2.75, 3.05) is 0 Å². The molecule has 0 aliphatic carbocycles. The predicted octanol–water partition coefficient (Wildman–Crippen LogP) is 6.84. The maximum atomic E-state index is 13.8. The van der Waals surface area contributed by atoms with Crippen molar-refractivity contribution in [1.82, 2.24) is 9.88 Å². The third-order valence-electron chi connectivity index (χ3n) is 5.91. The van der Waals surface area contributed by atoms with Crippen LogP contribution in [0.15, 0.2) is 88.8 Å². The molecule has 0 saturated carbocycles. The first kappa shape index (κ1) is 24.5. The van der Waals surface area contributed by atoms with Crippen molar-refractivity contribution in [2.24, 2.45) is 4.99 Å². The van der Waals surface area contributed by atoms with Gasteiger partial charge in [-0.1, -0.05) is 18.2 Å². The topological polar surface area (TPSA) is 55.6 Å². The second kappa shape index (κ2) is 10.4. The minimum absolute atomic E-state index is 0.150. The molecule has 5 rings (SSSR count). The molecule has 8 heteroatoms. The Morgan fingerprint density at radius 3 is 2.46 bits per heavy atom. The number of amidine groups is 1. The maximum Gasteiger partial charge on any atom is 0.264 e. The molecule has 0 bridgehead atoms. The minimum Gasteiger partial charge on any atom is -0.489 e. The van der Waals surface area contributed by atoms with E-state index in [1.54, 1.807) is 30.3 Å². The lowest BCUT2D eigenvalue weighted by Crippen LogP contribution is -2.19. The van der Waals surface area contributed by atoms with Crippen molar-refractivity contribution < 1.29 is 18.3 Å². The van der Waals surface area contributed by atoms with Crippen LogP contribution in [0.1, 0.15) is 22.5 Å². The number of carbonyl (C=O) groups excluding carboxylic acids is 1. The number of hydrogen-bond acceptors (Lipinski definition) is 4. The molecule has 1 saturated heterocycles. The van der Waals surface area contributed by atoms with E-state index in [-0.39, 0.29) is 24.1 Å². The van der Waals surface area contributed by atoms with Gasteiger partial charge in [0.25, 0.3) is 5.91 Å². The van der Waals surface area contributed by atoms with Crippen LogP contribution in [0, 0.1) is 25.5 Å². The van der Waals surface area contributed by atoms with Gasteiger partial charge >= 0.3 is 0 Å². The van der Waals surface area contributed by atoms with Gasteiger partial charge in [-0.15, -0.1) is 0 Å². The molecule has 186 valence electrons. The van der Waals surface area contributed by atoms with Crippen molar-refractivity contribution in [3.05, 3.63) is 118 Å². The van der Waals surface area contributed by atoms with E-state index in [0.717, 1.165) is 22.6 Å². The van der Waals surface area contributed by atoms with Gasteiger partial charge in [-0.25, -0.2) is 13.8 Å². The van der Waals surface area contributed by atoms with Gasteiger partial charge in [-0.05, 0) is 97.9 Å². The number of nitrogens with zero attached hydrogens (tertiary/aromatic N) is 2. The number of aromatic nitrogens is 1. The van der Waals surface area contributed by atoms with Crippen LogP contribution in [0.25, 0.3) is 11.8 Å². The summed E-state index contributed by atoms with van der Waals surface area (Å²) in [6, 6.07) is 21.9. The summed E-state index contributed by atoms with van der Waals surface area (Å²) in [6.45, 7) is 4.14. The van der Waals surface area contributed by atoms with Crippen molar-refractivity contribution >= 4 is 34.6 Å². The zero-order valence-corrected chi connectivity index (χ0v) is 21.0. The average Bonchev–Trinajstić information content (AvgIpc) is 3.37. The van der Waals surface area contributed by atoms with Gasteiger partial charge in [0, 0.05) is 22.6 Å². The number of aliphatic imine (C=N–C) groups is 1. The van der Waals surface area contributed by atoms with Gasteiger partial charge in [0.2, 0.25) is 0 Å². The van der Waals surface area contributed by atoms with Crippen LogP contribution in [-0.2, 0) is 11.4 Å². The van der Waals surface area contributed by atoms with Crippen molar-refractivity contribution in [1.29, 1.82) is 0 Å². The Bertz CT molecular complexity index is 1520. The number of halogens is 2. The first-order valence-electron chi connectivity index (χ1n) is 11.6. The van der Waals surface area contributed by atoms with E-state index in [2.05, 4.69) is 14.9 Å². The summed E-state index contributed by atoms with van der Waals surface area (Å²) in [6.07, 6.45) is 1.85. The summed E-state index contributed by atoms with van der Waals surface area (Å²) in [5.74, 6) is -0.217. The highest BCUT2D eigenvalue weighted by Gasteiger charge is 2.24. The first-order valence-corrected chi connectivity index (χ1v) is 12.4. The fraction of sp³-hybridized carbons (Fsp3) is 0.103. The third-order valence-corrected chi connectivity index (χ3v) is 6.82. The van der Waals surface area contributed by atoms with Crippen molar-refractivity contribution in [3.8, 4) is 11.4 Å². The number of aryl methyl sites for hydroxylation is 1. The summed E-state index contributed by atoms with van der Waals surface area (Å²) < 4.78 is 34.8. The van der Waals surface area contributed by atoms with E-state index >= 15 is 0 Å². The zero-order valence-electron chi connectivity index (χ0n) is 20.2. The summed E-state index contributed by atoms with van der Waals surface area (Å²) in [7, 11) is 0. The minimum atomic E-state index is -0.340. The quantitative estimate of drug-likeness (QED) is 0.286. The number of nitrogens with one attached hydrogen (secondary N) is 1. The molecule has 4 aromatic rings. The van der Waals surface area contributed by atoms with Crippen LogP contribution in [-0.4, -0.2) is 15.6 Å². The summed E-state index contributed by atoms with van der Waals surface area (Å²) in [4.78, 5) is 17.5. The average molecular weight is 516 g/mol. The SMILES string of the molecule is Cc1cc(C=C2SC(=Nc3ccc(F)cc3)NC2=O)c(C)n1-c1ccc(OCc2ccccc2F)cc1. The zero-order chi connectivity index (χ0) is 25.9. The van der Waals surface area contributed by atoms with E-state index in [1.807, 2.05) is 50.3 Å². The normalized spacial score (nSPS) is 15.4. The molecule has 1 aliphatic rings.